The highest BCUT2D eigenvalue weighted by atomic mass is 14.9. The zero-order chi connectivity index (χ0) is 11.9. The molecule has 0 aliphatic heterocycles. The second kappa shape index (κ2) is 3.69. The van der Waals surface area contributed by atoms with Gasteiger partial charge in [-0.25, -0.2) is 9.97 Å². The van der Waals surface area contributed by atoms with Gasteiger partial charge in [0.2, 0.25) is 0 Å². The van der Waals surface area contributed by atoms with Crippen LogP contribution in [-0.4, -0.2) is 9.97 Å². The Labute approximate surface area is 97.8 Å². The summed E-state index contributed by atoms with van der Waals surface area (Å²) in [5, 5.41) is 0. The topological polar surface area (TPSA) is 25.8 Å². The maximum atomic E-state index is 4.69. The Morgan fingerprint density at radius 2 is 1.94 bits per heavy atom. The van der Waals surface area contributed by atoms with Crippen molar-refractivity contribution in [3.63, 3.8) is 0 Å². The largest absolute Gasteiger partial charge is 0.240 e. The van der Waals surface area contributed by atoms with E-state index >= 15 is 0 Å². The van der Waals surface area contributed by atoms with Gasteiger partial charge in [-0.1, -0.05) is 46.3 Å². The van der Waals surface area contributed by atoms with Crippen LogP contribution in [0.15, 0.2) is 11.8 Å². The Balaban J connectivity index is 2.34. The quantitative estimate of drug-likeness (QED) is 0.719. The zero-order valence-corrected chi connectivity index (χ0v) is 10.8. The summed E-state index contributed by atoms with van der Waals surface area (Å²) in [6, 6.07) is 0. The number of hydrogen-bond acceptors (Lipinski definition) is 2. The van der Waals surface area contributed by atoms with Gasteiger partial charge in [0.1, 0.15) is 5.82 Å². The number of aromatic nitrogens is 2. The molecule has 0 bridgehead atoms. The molecule has 1 aromatic heterocycles. The van der Waals surface area contributed by atoms with Crippen molar-refractivity contribution in [2.45, 2.75) is 46.5 Å². The average molecular weight is 216 g/mol. The van der Waals surface area contributed by atoms with E-state index in [2.05, 4.69) is 45.7 Å². The lowest BCUT2D eigenvalue weighted by atomic mass is 9.95. The van der Waals surface area contributed by atoms with Crippen molar-refractivity contribution in [2.24, 2.45) is 5.92 Å². The molecule has 0 radical (unpaired) electrons. The predicted octanol–water partition coefficient (Wildman–Crippen LogP) is 3.37. The third-order valence-electron chi connectivity index (χ3n) is 3.02. The molecule has 86 valence electrons. The van der Waals surface area contributed by atoms with Crippen molar-refractivity contribution in [1.29, 1.82) is 0 Å². The Morgan fingerprint density at radius 1 is 1.25 bits per heavy atom. The fourth-order valence-electron chi connectivity index (χ4n) is 1.86. The van der Waals surface area contributed by atoms with Crippen molar-refractivity contribution in [1.82, 2.24) is 9.97 Å². The van der Waals surface area contributed by atoms with Crippen molar-refractivity contribution in [3.8, 4) is 0 Å². The summed E-state index contributed by atoms with van der Waals surface area (Å²) in [4.78, 5) is 9.15. The number of allylic oxidation sites excluding steroid dienone is 1. The molecule has 2 nitrogen and oxygen atoms in total. The van der Waals surface area contributed by atoms with Gasteiger partial charge in [-0.05, 0) is 5.92 Å². The summed E-state index contributed by atoms with van der Waals surface area (Å²) in [7, 11) is 0. The summed E-state index contributed by atoms with van der Waals surface area (Å²) in [6.45, 7) is 10.9. The van der Waals surface area contributed by atoms with Gasteiger partial charge in [0.05, 0.1) is 5.69 Å². The normalized spacial score (nSPS) is 15.2. The van der Waals surface area contributed by atoms with Crippen LogP contribution in [0.4, 0.5) is 0 Å². The van der Waals surface area contributed by atoms with Gasteiger partial charge < -0.3 is 0 Å². The number of hydrogen-bond donors (Lipinski definition) is 0. The minimum atomic E-state index is 0.0373. The van der Waals surface area contributed by atoms with E-state index in [9.17, 15) is 0 Å². The molecule has 0 saturated heterocycles. The van der Waals surface area contributed by atoms with Crippen LogP contribution in [0.25, 0.3) is 6.08 Å². The summed E-state index contributed by atoms with van der Waals surface area (Å²) < 4.78 is 0. The van der Waals surface area contributed by atoms with Crippen LogP contribution in [-0.2, 0) is 11.8 Å². The minimum absolute atomic E-state index is 0.0373. The molecule has 0 unspecified atom stereocenters. The monoisotopic (exact) mass is 216 g/mol. The molecule has 0 spiro atoms. The Bertz CT molecular complexity index is 437. The summed E-state index contributed by atoms with van der Waals surface area (Å²) in [5.41, 5.74) is 3.91. The first-order valence-corrected chi connectivity index (χ1v) is 5.95. The number of nitrogens with zero attached hydrogens (tertiary/aromatic N) is 2. The van der Waals surface area contributed by atoms with Crippen molar-refractivity contribution < 1.29 is 0 Å². The SMILES string of the molecule is CC(C)C1=Cc2cnc(C(C)(C)C)nc2C1. The van der Waals surface area contributed by atoms with Crippen LogP contribution in [0.2, 0.25) is 0 Å². The zero-order valence-electron chi connectivity index (χ0n) is 10.8. The molecular formula is C14H20N2. The van der Waals surface area contributed by atoms with Crippen molar-refractivity contribution in [2.75, 3.05) is 0 Å². The lowest BCUT2D eigenvalue weighted by Gasteiger charge is -2.16. The van der Waals surface area contributed by atoms with Gasteiger partial charge in [-0.15, -0.1) is 0 Å². The first kappa shape index (κ1) is 11.3. The van der Waals surface area contributed by atoms with Gasteiger partial charge in [0.15, 0.2) is 0 Å². The van der Waals surface area contributed by atoms with E-state index in [1.807, 2.05) is 6.20 Å². The van der Waals surface area contributed by atoms with E-state index < -0.39 is 0 Å². The summed E-state index contributed by atoms with van der Waals surface area (Å²) in [6.07, 6.45) is 5.21. The molecule has 0 saturated carbocycles. The molecular weight excluding hydrogens is 196 g/mol. The fraction of sp³-hybridized carbons (Fsp3) is 0.571. The molecule has 1 heterocycles. The van der Waals surface area contributed by atoms with E-state index in [4.69, 9.17) is 4.98 Å². The molecule has 1 aromatic rings. The molecule has 1 aliphatic carbocycles. The Kier molecular flexibility index (Phi) is 2.61. The van der Waals surface area contributed by atoms with Crippen LogP contribution in [0.3, 0.4) is 0 Å². The van der Waals surface area contributed by atoms with Gasteiger partial charge in [-0.2, -0.15) is 0 Å². The third-order valence-corrected chi connectivity index (χ3v) is 3.02. The highest BCUT2D eigenvalue weighted by Gasteiger charge is 2.22. The third kappa shape index (κ3) is 2.01. The van der Waals surface area contributed by atoms with Crippen LogP contribution >= 0.6 is 0 Å². The maximum Gasteiger partial charge on any atom is 0.133 e. The second-order valence-corrected chi connectivity index (χ2v) is 5.90. The molecule has 1 aliphatic rings. The highest BCUT2D eigenvalue weighted by Crippen LogP contribution is 2.29. The van der Waals surface area contributed by atoms with E-state index in [0.717, 1.165) is 12.2 Å². The standard InChI is InChI=1S/C14H20N2/c1-9(2)10-6-11-8-15-13(14(3,4)5)16-12(11)7-10/h6,8-9H,7H2,1-5H3. The first-order chi connectivity index (χ1) is 7.38. The van der Waals surface area contributed by atoms with E-state index in [1.165, 1.54) is 16.8 Å². The Morgan fingerprint density at radius 3 is 2.50 bits per heavy atom. The van der Waals surface area contributed by atoms with Crippen LogP contribution in [0.1, 0.15) is 51.7 Å². The lowest BCUT2D eigenvalue weighted by Crippen LogP contribution is -2.17. The number of fused-ring (bicyclic) bond motifs is 1. The van der Waals surface area contributed by atoms with Gasteiger partial charge in [-0.3, -0.25) is 0 Å². The van der Waals surface area contributed by atoms with E-state index in [0.29, 0.717) is 5.92 Å². The average Bonchev–Trinajstić information content (AvgIpc) is 2.58. The van der Waals surface area contributed by atoms with E-state index in [1.54, 1.807) is 0 Å². The molecule has 0 aromatic carbocycles. The molecule has 0 fully saturated rings. The molecule has 2 heteroatoms. The molecule has 2 rings (SSSR count). The Hall–Kier alpha value is -1.18. The predicted molar refractivity (Wildman–Crippen MR) is 67.3 cm³/mol. The van der Waals surface area contributed by atoms with Crippen LogP contribution in [0.5, 0.6) is 0 Å². The number of rotatable bonds is 1. The fourth-order valence-corrected chi connectivity index (χ4v) is 1.86. The maximum absolute atomic E-state index is 4.69. The minimum Gasteiger partial charge on any atom is -0.240 e. The van der Waals surface area contributed by atoms with Crippen LogP contribution in [0, 0.1) is 5.92 Å². The van der Waals surface area contributed by atoms with Crippen molar-refractivity contribution in [3.05, 3.63) is 28.9 Å². The van der Waals surface area contributed by atoms with Crippen LogP contribution < -0.4 is 0 Å². The van der Waals surface area contributed by atoms with Gasteiger partial charge in [0, 0.05) is 23.6 Å². The van der Waals surface area contributed by atoms with E-state index in [-0.39, 0.29) is 5.41 Å². The molecule has 0 amide bonds. The molecule has 0 atom stereocenters. The highest BCUT2D eigenvalue weighted by molar-refractivity contribution is 5.61. The summed E-state index contributed by atoms with van der Waals surface area (Å²) in [5.74, 6) is 1.55. The first-order valence-electron chi connectivity index (χ1n) is 5.95. The van der Waals surface area contributed by atoms with Gasteiger partial charge in [0.25, 0.3) is 0 Å². The van der Waals surface area contributed by atoms with Crippen molar-refractivity contribution >= 4 is 6.08 Å². The second-order valence-electron chi connectivity index (χ2n) is 5.90. The molecule has 0 N–H and O–H groups in total. The van der Waals surface area contributed by atoms with Gasteiger partial charge >= 0.3 is 0 Å². The molecule has 16 heavy (non-hydrogen) atoms. The summed E-state index contributed by atoms with van der Waals surface area (Å²) >= 11 is 0. The lowest BCUT2D eigenvalue weighted by molar-refractivity contribution is 0.541. The smallest absolute Gasteiger partial charge is 0.133 e.